The third-order valence-electron chi connectivity index (χ3n) is 4.12. The molecule has 1 aliphatic rings. The monoisotopic (exact) mass is 304 g/mol. The molecule has 1 amide bonds. The van der Waals surface area contributed by atoms with E-state index in [0.717, 1.165) is 51.3 Å². The summed E-state index contributed by atoms with van der Waals surface area (Å²) in [5.41, 5.74) is 0.464. The van der Waals surface area contributed by atoms with E-state index in [-0.39, 0.29) is 5.91 Å². The van der Waals surface area contributed by atoms with Crippen LogP contribution < -0.4 is 4.90 Å². The van der Waals surface area contributed by atoms with E-state index in [1.807, 2.05) is 17.0 Å². The number of nitrogens with zero attached hydrogens (tertiary/aromatic N) is 4. The maximum atomic E-state index is 12.5. The zero-order valence-electron chi connectivity index (χ0n) is 14.1. The predicted octanol–water partition coefficient (Wildman–Crippen LogP) is 2.98. The average Bonchev–Trinajstić information content (AvgIpc) is 2.54. The van der Waals surface area contributed by atoms with Crippen LogP contribution in [0, 0.1) is 5.92 Å². The molecule has 1 aromatic rings. The zero-order valence-corrected chi connectivity index (χ0v) is 14.1. The highest BCUT2D eigenvalue weighted by atomic mass is 16.2. The molecule has 1 fully saturated rings. The molecule has 0 saturated carbocycles. The van der Waals surface area contributed by atoms with Gasteiger partial charge < -0.3 is 9.80 Å². The lowest BCUT2D eigenvalue weighted by Crippen LogP contribution is -2.39. The van der Waals surface area contributed by atoms with Crippen LogP contribution in [0.2, 0.25) is 0 Å². The summed E-state index contributed by atoms with van der Waals surface area (Å²) < 4.78 is 0. The summed E-state index contributed by atoms with van der Waals surface area (Å²) in [7, 11) is 0. The van der Waals surface area contributed by atoms with Crippen LogP contribution >= 0.6 is 0 Å². The van der Waals surface area contributed by atoms with Crippen molar-refractivity contribution in [2.24, 2.45) is 5.92 Å². The van der Waals surface area contributed by atoms with Crippen molar-refractivity contribution in [1.82, 2.24) is 15.1 Å². The van der Waals surface area contributed by atoms with Crippen molar-refractivity contribution in [1.29, 1.82) is 0 Å². The minimum atomic E-state index is 0.0168. The van der Waals surface area contributed by atoms with Gasteiger partial charge in [-0.2, -0.15) is 0 Å². The highest BCUT2D eigenvalue weighted by Gasteiger charge is 2.23. The second-order valence-corrected chi connectivity index (χ2v) is 6.26. The number of amides is 1. The Balaban J connectivity index is 2.05. The lowest BCUT2D eigenvalue weighted by atomic mass is 10.00. The predicted molar refractivity (Wildman–Crippen MR) is 89.1 cm³/mol. The SMILES string of the molecule is CCCN(CCC)c1ccc(C(=O)N2CCCC(C)C2)nn1. The molecule has 0 bridgehead atoms. The van der Waals surface area contributed by atoms with Crippen molar-refractivity contribution in [2.75, 3.05) is 31.1 Å². The lowest BCUT2D eigenvalue weighted by molar-refractivity contribution is 0.0676. The Morgan fingerprint density at radius 2 is 2.00 bits per heavy atom. The summed E-state index contributed by atoms with van der Waals surface area (Å²) in [5.74, 6) is 1.46. The number of rotatable bonds is 6. The van der Waals surface area contributed by atoms with Crippen molar-refractivity contribution in [2.45, 2.75) is 46.5 Å². The van der Waals surface area contributed by atoms with Crippen molar-refractivity contribution in [3.8, 4) is 0 Å². The molecule has 0 N–H and O–H groups in total. The van der Waals surface area contributed by atoms with Gasteiger partial charge in [-0.3, -0.25) is 4.79 Å². The van der Waals surface area contributed by atoms with Gasteiger partial charge in [-0.15, -0.1) is 10.2 Å². The Labute approximate surface area is 133 Å². The van der Waals surface area contributed by atoms with Crippen molar-refractivity contribution < 1.29 is 4.79 Å². The molecule has 0 spiro atoms. The first-order valence-corrected chi connectivity index (χ1v) is 8.53. The Morgan fingerprint density at radius 3 is 2.55 bits per heavy atom. The maximum absolute atomic E-state index is 12.5. The van der Waals surface area contributed by atoms with Gasteiger partial charge in [0.05, 0.1) is 0 Å². The fraction of sp³-hybridized carbons (Fsp3) is 0.706. The van der Waals surface area contributed by atoms with Crippen molar-refractivity contribution >= 4 is 11.7 Å². The largest absolute Gasteiger partial charge is 0.355 e. The van der Waals surface area contributed by atoms with Crippen LogP contribution in [-0.4, -0.2) is 47.2 Å². The summed E-state index contributed by atoms with van der Waals surface area (Å²) >= 11 is 0. The van der Waals surface area contributed by atoms with E-state index in [9.17, 15) is 4.79 Å². The number of anilines is 1. The summed E-state index contributed by atoms with van der Waals surface area (Å²) in [4.78, 5) is 16.6. The van der Waals surface area contributed by atoms with Crippen LogP contribution in [0.15, 0.2) is 12.1 Å². The number of hydrogen-bond donors (Lipinski definition) is 0. The molecule has 5 heteroatoms. The Kier molecular flexibility index (Phi) is 6.16. The molecule has 1 atom stereocenters. The second-order valence-electron chi connectivity index (χ2n) is 6.26. The van der Waals surface area contributed by atoms with Crippen LogP contribution in [0.5, 0.6) is 0 Å². The molecule has 1 aliphatic heterocycles. The van der Waals surface area contributed by atoms with E-state index in [1.165, 1.54) is 6.42 Å². The normalized spacial score (nSPS) is 18.3. The molecule has 1 unspecified atom stereocenters. The third-order valence-corrected chi connectivity index (χ3v) is 4.12. The third kappa shape index (κ3) is 4.18. The Bertz CT molecular complexity index is 468. The molecule has 0 radical (unpaired) electrons. The van der Waals surface area contributed by atoms with Gasteiger partial charge in [-0.1, -0.05) is 20.8 Å². The molecule has 1 saturated heterocycles. The lowest BCUT2D eigenvalue weighted by Gasteiger charge is -2.30. The first kappa shape index (κ1) is 16.7. The Morgan fingerprint density at radius 1 is 1.27 bits per heavy atom. The van der Waals surface area contributed by atoms with Gasteiger partial charge in [-0.05, 0) is 43.7 Å². The fourth-order valence-electron chi connectivity index (χ4n) is 3.02. The highest BCUT2D eigenvalue weighted by Crippen LogP contribution is 2.18. The van der Waals surface area contributed by atoms with Crippen molar-refractivity contribution in [3.63, 3.8) is 0 Å². The molecule has 122 valence electrons. The molecule has 0 aliphatic carbocycles. The van der Waals surface area contributed by atoms with Gasteiger partial charge in [0, 0.05) is 26.2 Å². The van der Waals surface area contributed by atoms with E-state index < -0.39 is 0 Å². The van der Waals surface area contributed by atoms with Crippen LogP contribution in [0.4, 0.5) is 5.82 Å². The molecule has 5 nitrogen and oxygen atoms in total. The first-order valence-electron chi connectivity index (χ1n) is 8.53. The van der Waals surface area contributed by atoms with Crippen molar-refractivity contribution in [3.05, 3.63) is 17.8 Å². The number of carbonyl (C=O) groups excluding carboxylic acids is 1. The average molecular weight is 304 g/mol. The second kappa shape index (κ2) is 8.11. The van der Waals surface area contributed by atoms with Crippen LogP contribution in [-0.2, 0) is 0 Å². The van der Waals surface area contributed by atoms with Crippen LogP contribution in [0.3, 0.4) is 0 Å². The number of hydrogen-bond acceptors (Lipinski definition) is 4. The standard InChI is InChI=1S/C17H28N4O/c1-4-10-20(11-5-2)16-9-8-15(18-19-16)17(22)21-12-6-7-14(3)13-21/h8-9,14H,4-7,10-13H2,1-3H3. The minimum absolute atomic E-state index is 0.0168. The number of aromatic nitrogens is 2. The smallest absolute Gasteiger partial charge is 0.274 e. The van der Waals surface area contributed by atoms with Gasteiger partial charge >= 0.3 is 0 Å². The van der Waals surface area contributed by atoms with Gasteiger partial charge in [0.2, 0.25) is 0 Å². The molecular formula is C17H28N4O. The summed E-state index contributed by atoms with van der Waals surface area (Å²) in [6, 6.07) is 3.75. The van der Waals surface area contributed by atoms with Gasteiger partial charge in [0.25, 0.3) is 5.91 Å². The van der Waals surface area contributed by atoms with E-state index in [4.69, 9.17) is 0 Å². The zero-order chi connectivity index (χ0) is 15.9. The fourth-order valence-corrected chi connectivity index (χ4v) is 3.02. The van der Waals surface area contributed by atoms with Gasteiger partial charge in [0.1, 0.15) is 0 Å². The minimum Gasteiger partial charge on any atom is -0.355 e. The van der Waals surface area contributed by atoms with Crippen LogP contribution in [0.1, 0.15) is 56.9 Å². The summed E-state index contributed by atoms with van der Waals surface area (Å²) in [5, 5.41) is 8.46. The molecule has 2 rings (SSSR count). The summed E-state index contributed by atoms with van der Waals surface area (Å²) in [6.45, 7) is 10.1. The molecule has 1 aromatic heterocycles. The molecule has 0 aromatic carbocycles. The molecule has 22 heavy (non-hydrogen) atoms. The first-order chi connectivity index (χ1) is 10.7. The van der Waals surface area contributed by atoms with E-state index in [2.05, 4.69) is 35.9 Å². The topological polar surface area (TPSA) is 49.3 Å². The van der Waals surface area contributed by atoms with E-state index >= 15 is 0 Å². The molecule has 2 heterocycles. The van der Waals surface area contributed by atoms with E-state index in [0.29, 0.717) is 11.6 Å². The number of piperidine rings is 1. The van der Waals surface area contributed by atoms with Crippen LogP contribution in [0.25, 0.3) is 0 Å². The highest BCUT2D eigenvalue weighted by molar-refractivity contribution is 5.92. The van der Waals surface area contributed by atoms with E-state index in [1.54, 1.807) is 0 Å². The molecular weight excluding hydrogens is 276 g/mol. The Hall–Kier alpha value is -1.65. The summed E-state index contributed by atoms with van der Waals surface area (Å²) in [6.07, 6.45) is 4.44. The maximum Gasteiger partial charge on any atom is 0.274 e. The van der Waals surface area contributed by atoms with Gasteiger partial charge in [0.15, 0.2) is 11.5 Å². The van der Waals surface area contributed by atoms with Gasteiger partial charge in [-0.25, -0.2) is 0 Å². The quantitative estimate of drug-likeness (QED) is 0.810. The number of likely N-dealkylation sites (tertiary alicyclic amines) is 1. The number of carbonyl (C=O) groups is 1.